The average molecular weight is 429 g/mol. The Labute approximate surface area is 168 Å². The van der Waals surface area contributed by atoms with Crippen molar-refractivity contribution in [3.63, 3.8) is 0 Å². The maximum Gasteiger partial charge on any atom is 0.417 e. The topological polar surface area (TPSA) is 51.0 Å². The number of anilines is 1. The largest absolute Gasteiger partial charge is 0.417 e. The summed E-state index contributed by atoms with van der Waals surface area (Å²) in [6.45, 7) is 2.00. The van der Waals surface area contributed by atoms with E-state index in [2.05, 4.69) is 10.1 Å². The lowest BCUT2D eigenvalue weighted by Crippen LogP contribution is -2.33. The summed E-state index contributed by atoms with van der Waals surface area (Å²) in [4.78, 5) is 19.3. The van der Waals surface area contributed by atoms with E-state index in [1.54, 1.807) is 18.4 Å². The van der Waals surface area contributed by atoms with Crippen molar-refractivity contribution in [3.8, 4) is 5.82 Å². The number of likely N-dealkylation sites (N-methyl/N-ethyl adjacent to an activating group) is 1. The molecule has 0 aliphatic rings. The van der Waals surface area contributed by atoms with Gasteiger partial charge in [-0.05, 0) is 30.5 Å². The van der Waals surface area contributed by atoms with Gasteiger partial charge in [0, 0.05) is 30.6 Å². The number of hydrogen-bond acceptors (Lipinski definition) is 5. The first-order valence-corrected chi connectivity index (χ1v) is 9.51. The molecule has 1 atom stereocenters. The third kappa shape index (κ3) is 4.20. The van der Waals surface area contributed by atoms with Crippen LogP contribution in [-0.2, 0) is 12.6 Å². The summed E-state index contributed by atoms with van der Waals surface area (Å²) in [6.07, 6.45) is -1.67. The van der Waals surface area contributed by atoms with Crippen LogP contribution in [0.1, 0.15) is 17.4 Å². The van der Waals surface area contributed by atoms with Gasteiger partial charge in [0.15, 0.2) is 5.82 Å². The smallest absolute Gasteiger partial charge is 0.369 e. The Kier molecular flexibility index (Phi) is 5.76. The van der Waals surface area contributed by atoms with Crippen LogP contribution in [0.4, 0.5) is 18.9 Å². The molecule has 148 valence electrons. The lowest BCUT2D eigenvalue weighted by molar-refractivity contribution is -0.137. The minimum Gasteiger partial charge on any atom is -0.369 e. The molecule has 0 N–H and O–H groups in total. The van der Waals surface area contributed by atoms with E-state index < -0.39 is 17.3 Å². The molecule has 3 aromatic heterocycles. The van der Waals surface area contributed by atoms with Crippen molar-refractivity contribution >= 4 is 28.6 Å². The Morgan fingerprint density at radius 2 is 2.04 bits per heavy atom. The van der Waals surface area contributed by atoms with Crippen LogP contribution in [0.15, 0.2) is 46.8 Å². The number of halogens is 4. The second-order valence-corrected chi connectivity index (χ2v) is 7.62. The number of nitrogens with zero attached hydrogens (tertiary/aromatic N) is 4. The Bertz CT molecular complexity index is 1000. The molecule has 1 unspecified atom stereocenters. The first-order chi connectivity index (χ1) is 13.2. The summed E-state index contributed by atoms with van der Waals surface area (Å²) in [5.74, 6) is -0.0410. The Hall–Kier alpha value is -2.39. The molecule has 3 aromatic rings. The monoisotopic (exact) mass is 428 g/mol. The fourth-order valence-electron chi connectivity index (χ4n) is 2.61. The molecule has 3 heterocycles. The quantitative estimate of drug-likeness (QED) is 0.603. The van der Waals surface area contributed by atoms with Crippen LogP contribution in [0, 0.1) is 0 Å². The van der Waals surface area contributed by atoms with Crippen molar-refractivity contribution in [1.82, 2.24) is 14.8 Å². The molecule has 0 aliphatic carbocycles. The van der Waals surface area contributed by atoms with Gasteiger partial charge in [0.05, 0.1) is 17.4 Å². The first-order valence-electron chi connectivity index (χ1n) is 8.25. The van der Waals surface area contributed by atoms with Crippen molar-refractivity contribution in [2.24, 2.45) is 0 Å². The van der Waals surface area contributed by atoms with Crippen molar-refractivity contribution in [2.75, 3.05) is 11.9 Å². The van der Waals surface area contributed by atoms with E-state index in [4.69, 9.17) is 11.6 Å². The molecule has 0 spiro atoms. The lowest BCUT2D eigenvalue weighted by atomic mass is 10.2. The normalized spacial score (nSPS) is 12.8. The average Bonchev–Trinajstić information content (AvgIpc) is 3.16. The van der Waals surface area contributed by atoms with Gasteiger partial charge >= 0.3 is 6.18 Å². The number of rotatable bonds is 5. The lowest BCUT2D eigenvalue weighted by Gasteiger charge is -2.27. The SMILES string of the molecule is CC(Cc1cccs1)N(C)c1cnn(-c2ccc(C(F)(F)F)cn2)c(=O)c1Cl. The number of thiophene rings is 1. The minimum atomic E-state index is -4.51. The van der Waals surface area contributed by atoms with Gasteiger partial charge in [-0.3, -0.25) is 4.79 Å². The molecule has 10 heteroatoms. The number of aromatic nitrogens is 3. The molecule has 0 aliphatic heterocycles. The van der Waals surface area contributed by atoms with Crippen molar-refractivity contribution in [2.45, 2.75) is 25.6 Å². The highest BCUT2D eigenvalue weighted by molar-refractivity contribution is 7.09. The molecule has 28 heavy (non-hydrogen) atoms. The van der Waals surface area contributed by atoms with Gasteiger partial charge in [0.25, 0.3) is 5.56 Å². The van der Waals surface area contributed by atoms with E-state index in [1.165, 1.54) is 11.1 Å². The van der Waals surface area contributed by atoms with Crippen molar-refractivity contribution in [1.29, 1.82) is 0 Å². The molecule has 3 rings (SSSR count). The molecule has 5 nitrogen and oxygen atoms in total. The standard InChI is InChI=1S/C18H16ClF3N4OS/c1-11(8-13-4-3-7-28-13)25(2)14-10-24-26(17(27)16(14)19)15-6-5-12(9-23-15)18(20,21)22/h3-7,9-11H,8H2,1-2H3. The molecule has 0 fully saturated rings. The third-order valence-corrected chi connectivity index (χ3v) is 5.56. The summed E-state index contributed by atoms with van der Waals surface area (Å²) in [5, 5.41) is 5.96. The Morgan fingerprint density at radius 1 is 1.29 bits per heavy atom. The van der Waals surface area contributed by atoms with E-state index in [-0.39, 0.29) is 16.9 Å². The summed E-state index contributed by atoms with van der Waals surface area (Å²) in [7, 11) is 1.81. The summed E-state index contributed by atoms with van der Waals surface area (Å²) in [5.41, 5.74) is -1.12. The zero-order valence-corrected chi connectivity index (χ0v) is 16.5. The van der Waals surface area contributed by atoms with Gasteiger partial charge in [-0.2, -0.15) is 23.0 Å². The Balaban J connectivity index is 1.87. The summed E-state index contributed by atoms with van der Waals surface area (Å²) < 4.78 is 38.9. The predicted molar refractivity (Wildman–Crippen MR) is 104 cm³/mol. The van der Waals surface area contributed by atoms with Crippen LogP contribution < -0.4 is 10.5 Å². The molecule has 0 saturated carbocycles. The van der Waals surface area contributed by atoms with E-state index in [0.29, 0.717) is 11.9 Å². The van der Waals surface area contributed by atoms with Gasteiger partial charge in [0.1, 0.15) is 5.02 Å². The highest BCUT2D eigenvalue weighted by atomic mass is 35.5. The van der Waals surface area contributed by atoms with Gasteiger partial charge in [0.2, 0.25) is 0 Å². The zero-order chi connectivity index (χ0) is 20.5. The maximum atomic E-state index is 12.7. The van der Waals surface area contributed by atoms with Crippen LogP contribution in [0.5, 0.6) is 0 Å². The second kappa shape index (κ2) is 7.92. The number of pyridine rings is 1. The highest BCUT2D eigenvalue weighted by Gasteiger charge is 2.30. The van der Waals surface area contributed by atoms with Crippen LogP contribution in [0.25, 0.3) is 5.82 Å². The third-order valence-electron chi connectivity index (χ3n) is 4.31. The van der Waals surface area contributed by atoms with E-state index >= 15 is 0 Å². The van der Waals surface area contributed by atoms with Crippen molar-refractivity contribution < 1.29 is 13.2 Å². The van der Waals surface area contributed by atoms with Gasteiger partial charge in [-0.1, -0.05) is 17.7 Å². The van der Waals surface area contributed by atoms with E-state index in [0.717, 1.165) is 23.2 Å². The highest BCUT2D eigenvalue weighted by Crippen LogP contribution is 2.29. The molecular formula is C18H16ClF3N4OS. The van der Waals surface area contributed by atoms with Crippen LogP contribution >= 0.6 is 22.9 Å². The molecule has 0 radical (unpaired) electrons. The van der Waals surface area contributed by atoms with Crippen molar-refractivity contribution in [3.05, 3.63) is 67.9 Å². The zero-order valence-electron chi connectivity index (χ0n) is 14.9. The minimum absolute atomic E-state index is 0.0410. The van der Waals surface area contributed by atoms with Gasteiger partial charge in [-0.15, -0.1) is 11.3 Å². The fraction of sp³-hybridized carbons (Fsp3) is 0.278. The summed E-state index contributed by atoms with van der Waals surface area (Å²) >= 11 is 7.90. The van der Waals surface area contributed by atoms with Crippen LogP contribution in [0.3, 0.4) is 0 Å². The predicted octanol–water partition coefficient (Wildman–Crippen LogP) is 4.43. The second-order valence-electron chi connectivity index (χ2n) is 6.21. The Morgan fingerprint density at radius 3 is 2.61 bits per heavy atom. The van der Waals surface area contributed by atoms with Gasteiger partial charge < -0.3 is 4.90 Å². The molecule has 0 aromatic carbocycles. The molecular weight excluding hydrogens is 413 g/mol. The summed E-state index contributed by atoms with van der Waals surface area (Å²) in [6, 6.07) is 5.98. The van der Waals surface area contributed by atoms with Crippen LogP contribution in [0.2, 0.25) is 5.02 Å². The molecule has 0 amide bonds. The fourth-order valence-corrected chi connectivity index (χ4v) is 3.70. The molecule has 0 bridgehead atoms. The number of alkyl halides is 3. The number of hydrogen-bond donors (Lipinski definition) is 0. The molecule has 0 saturated heterocycles. The van der Waals surface area contributed by atoms with E-state index in [9.17, 15) is 18.0 Å². The maximum absolute atomic E-state index is 12.7. The first kappa shape index (κ1) is 20.3. The van der Waals surface area contributed by atoms with E-state index in [1.807, 2.05) is 29.3 Å². The van der Waals surface area contributed by atoms with Crippen LogP contribution in [-0.4, -0.2) is 27.9 Å². The van der Waals surface area contributed by atoms with Gasteiger partial charge in [-0.25, -0.2) is 4.98 Å².